The zero-order valence-electron chi connectivity index (χ0n) is 8.09. The normalized spacial score (nSPS) is 11.2. The second kappa shape index (κ2) is 3.58. The van der Waals surface area contributed by atoms with E-state index < -0.39 is 0 Å². The molecule has 0 radical (unpaired) electrons. The minimum absolute atomic E-state index is 0.339. The highest BCUT2D eigenvalue weighted by Crippen LogP contribution is 2.01. The molecule has 0 atom stereocenters. The van der Waals surface area contributed by atoms with Crippen LogP contribution in [0.1, 0.15) is 25.6 Å². The smallest absolute Gasteiger partial charge is 0.223 e. The van der Waals surface area contributed by atoms with Gasteiger partial charge in [0.15, 0.2) is 5.82 Å². The van der Waals surface area contributed by atoms with Crippen molar-refractivity contribution in [3.05, 3.63) is 11.7 Å². The predicted molar refractivity (Wildman–Crippen MR) is 48.8 cm³/mol. The molecule has 1 N–H and O–H groups in total. The highest BCUT2D eigenvalue weighted by atomic mass is 16.5. The molecule has 0 saturated heterocycles. The van der Waals surface area contributed by atoms with E-state index in [2.05, 4.69) is 21.4 Å². The molecule has 4 nitrogen and oxygen atoms in total. The highest BCUT2D eigenvalue weighted by Gasteiger charge is 2.13. The van der Waals surface area contributed by atoms with Crippen molar-refractivity contribution in [3.63, 3.8) is 0 Å². The Morgan fingerprint density at radius 1 is 1.62 bits per heavy atom. The van der Waals surface area contributed by atoms with Crippen LogP contribution >= 0.6 is 0 Å². The van der Waals surface area contributed by atoms with Crippen LogP contribution in [-0.4, -0.2) is 15.7 Å². The molecule has 0 bridgehead atoms. The van der Waals surface area contributed by atoms with Crippen molar-refractivity contribution in [1.29, 1.82) is 0 Å². The molecule has 13 heavy (non-hydrogen) atoms. The van der Waals surface area contributed by atoms with E-state index in [1.54, 1.807) is 6.92 Å². The lowest BCUT2D eigenvalue weighted by molar-refractivity contribution is 0.381. The number of terminal acetylenes is 1. The topological polar surface area (TPSA) is 51.0 Å². The molecular weight excluding hydrogens is 166 g/mol. The maximum absolute atomic E-state index is 5.30. The van der Waals surface area contributed by atoms with Crippen LogP contribution in [0.15, 0.2) is 4.52 Å². The molecule has 1 aromatic heterocycles. The van der Waals surface area contributed by atoms with Crippen LogP contribution in [0.5, 0.6) is 0 Å². The summed E-state index contributed by atoms with van der Waals surface area (Å²) in [5.41, 5.74) is -0.339. The van der Waals surface area contributed by atoms with E-state index in [9.17, 15) is 0 Å². The summed E-state index contributed by atoms with van der Waals surface area (Å²) in [4.78, 5) is 4.04. The first-order chi connectivity index (χ1) is 6.03. The molecular formula is C9H13N3O. The summed E-state index contributed by atoms with van der Waals surface area (Å²) < 4.78 is 4.81. The first-order valence-electron chi connectivity index (χ1n) is 4.05. The van der Waals surface area contributed by atoms with E-state index in [4.69, 9.17) is 10.9 Å². The van der Waals surface area contributed by atoms with Gasteiger partial charge in [0.25, 0.3) is 0 Å². The number of hydrogen-bond donors (Lipinski definition) is 1. The molecule has 70 valence electrons. The third kappa shape index (κ3) is 2.88. The van der Waals surface area contributed by atoms with E-state index in [0.29, 0.717) is 18.3 Å². The van der Waals surface area contributed by atoms with Gasteiger partial charge in [-0.1, -0.05) is 11.1 Å². The zero-order chi connectivity index (χ0) is 9.90. The van der Waals surface area contributed by atoms with Crippen molar-refractivity contribution < 1.29 is 4.52 Å². The lowest BCUT2D eigenvalue weighted by Gasteiger charge is -2.17. The van der Waals surface area contributed by atoms with E-state index in [-0.39, 0.29) is 5.54 Å². The molecule has 4 heteroatoms. The maximum atomic E-state index is 5.30. The van der Waals surface area contributed by atoms with Crippen LogP contribution in [0, 0.1) is 19.3 Å². The van der Waals surface area contributed by atoms with E-state index in [1.165, 1.54) is 0 Å². The van der Waals surface area contributed by atoms with Gasteiger partial charge in [0.2, 0.25) is 5.89 Å². The summed E-state index contributed by atoms with van der Waals surface area (Å²) in [6.45, 7) is 6.11. The van der Waals surface area contributed by atoms with Crippen LogP contribution in [-0.2, 0) is 6.54 Å². The van der Waals surface area contributed by atoms with Crippen LogP contribution in [0.25, 0.3) is 0 Å². The van der Waals surface area contributed by atoms with Crippen LogP contribution in [0.2, 0.25) is 0 Å². The van der Waals surface area contributed by atoms with Crippen LogP contribution < -0.4 is 5.32 Å². The molecule has 0 fully saturated rings. The fourth-order valence-electron chi connectivity index (χ4n) is 0.764. The number of aryl methyl sites for hydroxylation is 1. The van der Waals surface area contributed by atoms with E-state index in [1.807, 2.05) is 13.8 Å². The van der Waals surface area contributed by atoms with Crippen LogP contribution in [0.3, 0.4) is 0 Å². The minimum atomic E-state index is -0.339. The second-order valence-electron chi connectivity index (χ2n) is 3.35. The van der Waals surface area contributed by atoms with Gasteiger partial charge in [-0.15, -0.1) is 6.42 Å². The Labute approximate surface area is 77.7 Å². The number of hydrogen-bond acceptors (Lipinski definition) is 4. The van der Waals surface area contributed by atoms with Gasteiger partial charge in [-0.2, -0.15) is 4.98 Å². The lowest BCUT2D eigenvalue weighted by Crippen LogP contribution is -2.37. The van der Waals surface area contributed by atoms with Gasteiger partial charge in [0.05, 0.1) is 12.1 Å². The van der Waals surface area contributed by atoms with Gasteiger partial charge in [-0.05, 0) is 13.8 Å². The molecule has 0 amide bonds. The van der Waals surface area contributed by atoms with Crippen molar-refractivity contribution in [2.45, 2.75) is 32.9 Å². The fourth-order valence-corrected chi connectivity index (χ4v) is 0.764. The average Bonchev–Trinajstić information content (AvgIpc) is 2.48. The predicted octanol–water partition coefficient (Wildman–Crippen LogP) is 0.879. The van der Waals surface area contributed by atoms with Crippen LogP contribution in [0.4, 0.5) is 0 Å². The largest absolute Gasteiger partial charge is 0.340 e. The molecule has 0 aliphatic carbocycles. The fraction of sp³-hybridized carbons (Fsp3) is 0.556. The van der Waals surface area contributed by atoms with Crippen molar-refractivity contribution in [3.8, 4) is 12.3 Å². The molecule has 0 aromatic carbocycles. The molecule has 0 aliphatic heterocycles. The molecule has 1 aromatic rings. The summed E-state index contributed by atoms with van der Waals surface area (Å²) >= 11 is 0. The third-order valence-corrected chi connectivity index (χ3v) is 1.62. The Morgan fingerprint density at radius 3 is 2.77 bits per heavy atom. The quantitative estimate of drug-likeness (QED) is 0.700. The standard InChI is InChI=1S/C9H13N3O/c1-5-9(3,4)10-6-8-11-7(2)13-12-8/h1,10H,6H2,2-4H3. The van der Waals surface area contributed by atoms with Gasteiger partial charge in [0.1, 0.15) is 0 Å². The van der Waals surface area contributed by atoms with Crippen molar-refractivity contribution >= 4 is 0 Å². The molecule has 0 saturated carbocycles. The van der Waals surface area contributed by atoms with Gasteiger partial charge in [0, 0.05) is 6.92 Å². The third-order valence-electron chi connectivity index (χ3n) is 1.62. The van der Waals surface area contributed by atoms with Crippen molar-refractivity contribution in [2.75, 3.05) is 0 Å². The van der Waals surface area contributed by atoms with Gasteiger partial charge >= 0.3 is 0 Å². The number of rotatable bonds is 3. The summed E-state index contributed by atoms with van der Waals surface area (Å²) in [5.74, 6) is 3.81. The van der Waals surface area contributed by atoms with Crippen molar-refractivity contribution in [1.82, 2.24) is 15.5 Å². The van der Waals surface area contributed by atoms with Gasteiger partial charge in [-0.25, -0.2) is 0 Å². The summed E-state index contributed by atoms with van der Waals surface area (Å²) in [6.07, 6.45) is 5.30. The Bertz CT molecular complexity index is 322. The number of nitrogens with one attached hydrogen (secondary N) is 1. The first kappa shape index (κ1) is 9.75. The molecule has 0 spiro atoms. The maximum Gasteiger partial charge on any atom is 0.223 e. The Kier molecular flexibility index (Phi) is 2.69. The zero-order valence-corrected chi connectivity index (χ0v) is 8.09. The van der Waals surface area contributed by atoms with E-state index >= 15 is 0 Å². The first-order valence-corrected chi connectivity index (χ1v) is 4.05. The molecule has 1 rings (SSSR count). The van der Waals surface area contributed by atoms with Crippen molar-refractivity contribution in [2.24, 2.45) is 0 Å². The number of aromatic nitrogens is 2. The summed E-state index contributed by atoms with van der Waals surface area (Å²) in [7, 11) is 0. The molecule has 1 heterocycles. The minimum Gasteiger partial charge on any atom is -0.340 e. The monoisotopic (exact) mass is 179 g/mol. The average molecular weight is 179 g/mol. The number of nitrogens with zero attached hydrogens (tertiary/aromatic N) is 2. The lowest BCUT2D eigenvalue weighted by atomic mass is 10.1. The highest BCUT2D eigenvalue weighted by molar-refractivity contribution is 5.07. The summed E-state index contributed by atoms with van der Waals surface area (Å²) in [5, 5.41) is 6.85. The second-order valence-corrected chi connectivity index (χ2v) is 3.35. The van der Waals surface area contributed by atoms with Gasteiger partial charge in [-0.3, -0.25) is 5.32 Å². The Morgan fingerprint density at radius 2 is 2.31 bits per heavy atom. The summed E-state index contributed by atoms with van der Waals surface area (Å²) in [6, 6.07) is 0. The SMILES string of the molecule is C#CC(C)(C)NCc1noc(C)n1. The Balaban J connectivity index is 2.49. The van der Waals surface area contributed by atoms with Gasteiger partial charge < -0.3 is 4.52 Å². The van der Waals surface area contributed by atoms with E-state index in [0.717, 1.165) is 0 Å². The molecule has 0 unspecified atom stereocenters. The Hall–Kier alpha value is -1.34. The molecule has 0 aliphatic rings.